The molecule has 0 unspecified atom stereocenters. The molecule has 19 heavy (non-hydrogen) atoms. The minimum atomic E-state index is -0.446. The van der Waals surface area contributed by atoms with Gasteiger partial charge in [0, 0.05) is 17.6 Å². The van der Waals surface area contributed by atoms with Gasteiger partial charge in [-0.25, -0.2) is 0 Å². The van der Waals surface area contributed by atoms with Crippen molar-refractivity contribution in [2.75, 3.05) is 13.6 Å². The Morgan fingerprint density at radius 1 is 1.11 bits per heavy atom. The van der Waals surface area contributed by atoms with Gasteiger partial charge < -0.3 is 5.11 Å². The van der Waals surface area contributed by atoms with Gasteiger partial charge in [-0.15, -0.1) is 0 Å². The van der Waals surface area contributed by atoms with Crippen LogP contribution in [0.25, 0.3) is 0 Å². The van der Waals surface area contributed by atoms with E-state index >= 15 is 0 Å². The fourth-order valence-corrected chi connectivity index (χ4v) is 2.53. The summed E-state index contributed by atoms with van der Waals surface area (Å²) in [5.74, 6) is 0. The minimum Gasteiger partial charge on any atom is -0.387 e. The molecule has 0 bridgehead atoms. The van der Waals surface area contributed by atoms with Crippen molar-refractivity contribution in [3.05, 3.63) is 70.2 Å². The predicted molar refractivity (Wildman–Crippen MR) is 81.9 cm³/mol. The molecule has 100 valence electrons. The number of hydrogen-bond acceptors (Lipinski definition) is 2. The first-order valence-corrected chi connectivity index (χ1v) is 7.10. The third-order valence-electron chi connectivity index (χ3n) is 3.01. The number of aliphatic hydroxyl groups is 1. The van der Waals surface area contributed by atoms with E-state index in [0.29, 0.717) is 6.54 Å². The highest BCUT2D eigenvalue weighted by Gasteiger charge is 2.10. The number of nitrogens with zero attached hydrogens (tertiary/aromatic N) is 1. The summed E-state index contributed by atoms with van der Waals surface area (Å²) in [5.41, 5.74) is 2.20. The number of likely N-dealkylation sites (N-methyl/N-ethyl adjacent to an activating group) is 1. The van der Waals surface area contributed by atoms with Gasteiger partial charge in [0.25, 0.3) is 0 Å². The molecule has 0 aromatic heterocycles. The van der Waals surface area contributed by atoms with Crippen molar-refractivity contribution in [3.8, 4) is 0 Å². The SMILES string of the molecule is CN(Cc1cccc(Br)c1)C[C@@H](O)c1ccccc1. The molecule has 2 rings (SSSR count). The summed E-state index contributed by atoms with van der Waals surface area (Å²) in [5, 5.41) is 10.2. The molecule has 3 heteroatoms. The molecule has 0 aliphatic heterocycles. The third kappa shape index (κ3) is 4.46. The molecule has 2 aromatic rings. The molecule has 2 aromatic carbocycles. The first kappa shape index (κ1) is 14.3. The Labute approximate surface area is 122 Å². The molecule has 2 nitrogen and oxygen atoms in total. The van der Waals surface area contributed by atoms with Gasteiger partial charge >= 0.3 is 0 Å². The van der Waals surface area contributed by atoms with E-state index in [-0.39, 0.29) is 0 Å². The fourth-order valence-electron chi connectivity index (χ4n) is 2.09. The van der Waals surface area contributed by atoms with Crippen molar-refractivity contribution in [3.63, 3.8) is 0 Å². The van der Waals surface area contributed by atoms with Crippen LogP contribution in [0.3, 0.4) is 0 Å². The van der Waals surface area contributed by atoms with Crippen LogP contribution in [0.4, 0.5) is 0 Å². The van der Waals surface area contributed by atoms with Gasteiger partial charge in [-0.3, -0.25) is 4.90 Å². The maximum Gasteiger partial charge on any atom is 0.0916 e. The molecular weight excluding hydrogens is 302 g/mol. The summed E-state index contributed by atoms with van der Waals surface area (Å²) < 4.78 is 1.09. The van der Waals surface area contributed by atoms with Gasteiger partial charge in [0.1, 0.15) is 0 Å². The summed E-state index contributed by atoms with van der Waals surface area (Å²) in [4.78, 5) is 2.12. The summed E-state index contributed by atoms with van der Waals surface area (Å²) >= 11 is 3.47. The highest BCUT2D eigenvalue weighted by atomic mass is 79.9. The van der Waals surface area contributed by atoms with Crippen molar-refractivity contribution in [2.24, 2.45) is 0 Å². The van der Waals surface area contributed by atoms with Crippen molar-refractivity contribution < 1.29 is 5.11 Å². The first-order chi connectivity index (χ1) is 9.15. The van der Waals surface area contributed by atoms with Gasteiger partial charge in [0.2, 0.25) is 0 Å². The number of rotatable bonds is 5. The van der Waals surface area contributed by atoms with Crippen molar-refractivity contribution >= 4 is 15.9 Å². The Morgan fingerprint density at radius 2 is 1.84 bits per heavy atom. The van der Waals surface area contributed by atoms with E-state index in [0.717, 1.165) is 16.6 Å². The van der Waals surface area contributed by atoms with E-state index < -0.39 is 6.10 Å². The van der Waals surface area contributed by atoms with Crippen LogP contribution in [0.1, 0.15) is 17.2 Å². The first-order valence-electron chi connectivity index (χ1n) is 6.31. The van der Waals surface area contributed by atoms with Crippen LogP contribution >= 0.6 is 15.9 Å². The number of halogens is 1. The zero-order chi connectivity index (χ0) is 13.7. The summed E-state index contributed by atoms with van der Waals surface area (Å²) in [6.07, 6.45) is -0.446. The maximum atomic E-state index is 10.2. The number of benzene rings is 2. The van der Waals surface area contributed by atoms with E-state index in [4.69, 9.17) is 0 Å². The fraction of sp³-hybridized carbons (Fsp3) is 0.250. The normalized spacial score (nSPS) is 12.6. The summed E-state index contributed by atoms with van der Waals surface area (Å²) in [6, 6.07) is 18.0. The molecule has 0 aliphatic carbocycles. The van der Waals surface area contributed by atoms with Gasteiger partial charge in [0.15, 0.2) is 0 Å². The Balaban J connectivity index is 1.92. The Bertz CT molecular complexity index is 515. The second-order valence-corrected chi connectivity index (χ2v) is 5.67. The molecule has 0 aliphatic rings. The lowest BCUT2D eigenvalue weighted by atomic mass is 10.1. The van der Waals surface area contributed by atoms with Crippen molar-refractivity contribution in [1.82, 2.24) is 4.90 Å². The van der Waals surface area contributed by atoms with Crippen LogP contribution in [-0.4, -0.2) is 23.6 Å². The predicted octanol–water partition coefficient (Wildman–Crippen LogP) is 3.61. The molecule has 0 amide bonds. The van der Waals surface area contributed by atoms with E-state index in [1.807, 2.05) is 49.5 Å². The van der Waals surface area contributed by atoms with Gasteiger partial charge in [0.05, 0.1) is 6.10 Å². The van der Waals surface area contributed by atoms with Gasteiger partial charge in [-0.05, 0) is 30.3 Å². The standard InChI is InChI=1S/C16H18BrNO/c1-18(11-13-6-5-9-15(17)10-13)12-16(19)14-7-3-2-4-8-14/h2-10,16,19H,11-12H2,1H3/t16-/m1/s1. The second-order valence-electron chi connectivity index (χ2n) is 4.75. The molecule has 0 fully saturated rings. The third-order valence-corrected chi connectivity index (χ3v) is 3.50. The number of aliphatic hydroxyl groups excluding tert-OH is 1. The Hall–Kier alpha value is -1.16. The monoisotopic (exact) mass is 319 g/mol. The molecule has 0 heterocycles. The van der Waals surface area contributed by atoms with Crippen LogP contribution in [0, 0.1) is 0 Å². The Kier molecular flexibility index (Phi) is 5.14. The lowest BCUT2D eigenvalue weighted by Crippen LogP contribution is -2.24. The van der Waals surface area contributed by atoms with E-state index in [2.05, 4.69) is 33.0 Å². The molecule has 0 saturated carbocycles. The average Bonchev–Trinajstić information content (AvgIpc) is 2.39. The van der Waals surface area contributed by atoms with Gasteiger partial charge in [-0.2, -0.15) is 0 Å². The highest BCUT2D eigenvalue weighted by Crippen LogP contribution is 2.16. The molecule has 1 N–H and O–H groups in total. The molecule has 0 saturated heterocycles. The number of hydrogen-bond donors (Lipinski definition) is 1. The van der Waals surface area contributed by atoms with E-state index in [9.17, 15) is 5.11 Å². The van der Waals surface area contributed by atoms with E-state index in [1.54, 1.807) is 0 Å². The molecule has 0 radical (unpaired) electrons. The van der Waals surface area contributed by atoms with Crippen LogP contribution < -0.4 is 0 Å². The smallest absolute Gasteiger partial charge is 0.0916 e. The molecular formula is C16H18BrNO. The van der Waals surface area contributed by atoms with Crippen molar-refractivity contribution in [1.29, 1.82) is 0 Å². The van der Waals surface area contributed by atoms with Crippen LogP contribution in [0.5, 0.6) is 0 Å². The lowest BCUT2D eigenvalue weighted by Gasteiger charge is -2.21. The second kappa shape index (κ2) is 6.85. The molecule has 0 spiro atoms. The van der Waals surface area contributed by atoms with Crippen LogP contribution in [0.2, 0.25) is 0 Å². The van der Waals surface area contributed by atoms with Crippen molar-refractivity contribution in [2.45, 2.75) is 12.6 Å². The highest BCUT2D eigenvalue weighted by molar-refractivity contribution is 9.10. The van der Waals surface area contributed by atoms with Crippen LogP contribution in [-0.2, 0) is 6.54 Å². The van der Waals surface area contributed by atoms with E-state index in [1.165, 1.54) is 5.56 Å². The largest absolute Gasteiger partial charge is 0.387 e. The summed E-state index contributed by atoms with van der Waals surface area (Å²) in [7, 11) is 2.02. The van der Waals surface area contributed by atoms with Crippen LogP contribution in [0.15, 0.2) is 59.1 Å². The summed E-state index contributed by atoms with van der Waals surface area (Å²) in [6.45, 7) is 1.44. The average molecular weight is 320 g/mol. The lowest BCUT2D eigenvalue weighted by molar-refractivity contribution is 0.124. The topological polar surface area (TPSA) is 23.5 Å². The Morgan fingerprint density at radius 3 is 2.53 bits per heavy atom. The zero-order valence-corrected chi connectivity index (χ0v) is 12.5. The minimum absolute atomic E-state index is 0.446. The molecule has 1 atom stereocenters. The zero-order valence-electron chi connectivity index (χ0n) is 11.0. The quantitative estimate of drug-likeness (QED) is 0.910. The maximum absolute atomic E-state index is 10.2. The van der Waals surface area contributed by atoms with Gasteiger partial charge in [-0.1, -0.05) is 58.4 Å².